The van der Waals surface area contributed by atoms with Gasteiger partial charge < -0.3 is 20.7 Å². The van der Waals surface area contributed by atoms with E-state index in [1.165, 1.54) is 0 Å². The van der Waals surface area contributed by atoms with Crippen LogP contribution in [0.5, 0.6) is 0 Å². The second kappa shape index (κ2) is 10.5. The number of rotatable bonds is 7. The molecule has 1 aromatic carbocycles. The van der Waals surface area contributed by atoms with Crippen molar-refractivity contribution in [2.75, 3.05) is 5.32 Å². The van der Waals surface area contributed by atoms with Crippen molar-refractivity contribution in [3.05, 3.63) is 33.9 Å². The normalized spacial score (nSPS) is 20.3. The number of anilines is 1. The predicted octanol–water partition coefficient (Wildman–Crippen LogP) is 5.37. The molecule has 1 aliphatic carbocycles. The Labute approximate surface area is 192 Å². The number of benzene rings is 1. The van der Waals surface area contributed by atoms with Crippen molar-refractivity contribution in [1.29, 1.82) is 0 Å². The summed E-state index contributed by atoms with van der Waals surface area (Å²) in [6, 6.07) is 5.88. The highest BCUT2D eigenvalue weighted by molar-refractivity contribution is 5.68. The third-order valence-corrected chi connectivity index (χ3v) is 5.98. The van der Waals surface area contributed by atoms with E-state index < -0.39 is 11.7 Å². The molecule has 1 aliphatic rings. The lowest BCUT2D eigenvalue weighted by molar-refractivity contribution is -0.384. The highest BCUT2D eigenvalue weighted by atomic mass is 16.6. The largest absolute Gasteiger partial charge is 0.444 e. The van der Waals surface area contributed by atoms with Crippen LogP contribution in [0.25, 0.3) is 0 Å². The van der Waals surface area contributed by atoms with E-state index in [1.807, 2.05) is 32.9 Å². The fraction of sp³-hybridized carbons (Fsp3) is 0.708. The molecule has 8 heteroatoms. The second-order valence-corrected chi connectivity index (χ2v) is 10.9. The van der Waals surface area contributed by atoms with Gasteiger partial charge in [-0.15, -0.1) is 0 Å². The van der Waals surface area contributed by atoms with E-state index in [0.29, 0.717) is 12.2 Å². The maximum atomic E-state index is 12.0. The molecule has 0 unspecified atom stereocenters. The number of carbonyl (C=O) groups is 1. The Bertz CT molecular complexity index is 790. The molecular weight excluding hydrogens is 408 g/mol. The smallest absolute Gasteiger partial charge is 0.407 e. The van der Waals surface area contributed by atoms with Gasteiger partial charge in [0, 0.05) is 30.7 Å². The van der Waals surface area contributed by atoms with Crippen LogP contribution in [0.15, 0.2) is 18.2 Å². The van der Waals surface area contributed by atoms with Gasteiger partial charge in [-0.3, -0.25) is 10.1 Å². The first-order valence-electron chi connectivity index (χ1n) is 11.5. The minimum Gasteiger partial charge on any atom is -0.444 e. The molecule has 3 N–H and O–H groups in total. The molecule has 1 atom stereocenters. The van der Waals surface area contributed by atoms with E-state index in [0.717, 1.165) is 31.2 Å². The predicted molar refractivity (Wildman–Crippen MR) is 128 cm³/mol. The minimum absolute atomic E-state index is 0.0659. The summed E-state index contributed by atoms with van der Waals surface area (Å²) in [5.74, 6) is 0. The molecule has 32 heavy (non-hydrogen) atoms. The van der Waals surface area contributed by atoms with Crippen LogP contribution in [0.2, 0.25) is 0 Å². The monoisotopic (exact) mass is 448 g/mol. The number of ether oxygens (including phenoxy) is 1. The first-order chi connectivity index (χ1) is 14.7. The summed E-state index contributed by atoms with van der Waals surface area (Å²) >= 11 is 0. The first kappa shape index (κ1) is 25.9. The summed E-state index contributed by atoms with van der Waals surface area (Å²) < 4.78 is 5.32. The molecule has 1 saturated carbocycles. The van der Waals surface area contributed by atoms with Crippen LogP contribution in [-0.4, -0.2) is 34.7 Å². The van der Waals surface area contributed by atoms with Crippen LogP contribution < -0.4 is 16.0 Å². The fourth-order valence-corrected chi connectivity index (χ4v) is 3.61. The molecule has 0 bridgehead atoms. The van der Waals surface area contributed by atoms with Crippen molar-refractivity contribution in [2.45, 2.75) is 104 Å². The van der Waals surface area contributed by atoms with Crippen molar-refractivity contribution in [3.63, 3.8) is 0 Å². The van der Waals surface area contributed by atoms with Crippen molar-refractivity contribution in [1.82, 2.24) is 10.6 Å². The molecule has 1 fully saturated rings. The maximum Gasteiger partial charge on any atom is 0.407 e. The van der Waals surface area contributed by atoms with E-state index >= 15 is 0 Å². The Hall–Kier alpha value is -2.35. The Morgan fingerprint density at radius 3 is 2.25 bits per heavy atom. The third kappa shape index (κ3) is 8.30. The van der Waals surface area contributed by atoms with Gasteiger partial charge in [0.15, 0.2) is 0 Å². The fourth-order valence-electron chi connectivity index (χ4n) is 3.61. The van der Waals surface area contributed by atoms with Gasteiger partial charge in [0.25, 0.3) is 5.69 Å². The average Bonchev–Trinajstić information content (AvgIpc) is 2.66. The SMILES string of the molecule is C[C@H](NCc1ccc(NC2CCC(NC(=O)OC(C)(C)C)CC2)c([N+](=O)[O-])c1)C(C)(C)C. The third-order valence-electron chi connectivity index (χ3n) is 5.98. The molecule has 1 aromatic rings. The topological polar surface area (TPSA) is 106 Å². The number of nitro groups is 1. The van der Waals surface area contributed by atoms with Crippen molar-refractivity contribution >= 4 is 17.5 Å². The van der Waals surface area contributed by atoms with Gasteiger partial charge in [-0.1, -0.05) is 26.8 Å². The van der Waals surface area contributed by atoms with Gasteiger partial charge in [-0.05, 0) is 70.4 Å². The van der Waals surface area contributed by atoms with Crippen molar-refractivity contribution in [3.8, 4) is 0 Å². The summed E-state index contributed by atoms with van der Waals surface area (Å²) in [5, 5.41) is 21.4. The van der Waals surface area contributed by atoms with Crippen molar-refractivity contribution in [2.24, 2.45) is 5.41 Å². The van der Waals surface area contributed by atoms with Crippen LogP contribution >= 0.6 is 0 Å². The minimum atomic E-state index is -0.520. The zero-order chi connectivity index (χ0) is 24.1. The number of nitro benzene ring substituents is 1. The Morgan fingerprint density at radius 2 is 1.72 bits per heavy atom. The Morgan fingerprint density at radius 1 is 1.12 bits per heavy atom. The van der Waals surface area contributed by atoms with Crippen LogP contribution in [0.4, 0.5) is 16.2 Å². The molecular formula is C24H40N4O4. The highest BCUT2D eigenvalue weighted by Crippen LogP contribution is 2.30. The molecule has 0 aliphatic heterocycles. The highest BCUT2D eigenvalue weighted by Gasteiger charge is 2.26. The first-order valence-corrected chi connectivity index (χ1v) is 11.5. The lowest BCUT2D eigenvalue weighted by atomic mass is 9.88. The van der Waals surface area contributed by atoms with Crippen LogP contribution in [-0.2, 0) is 11.3 Å². The van der Waals surface area contributed by atoms with Gasteiger partial charge in [-0.25, -0.2) is 4.79 Å². The van der Waals surface area contributed by atoms with Crippen LogP contribution in [0.1, 0.15) is 79.7 Å². The molecule has 180 valence electrons. The zero-order valence-corrected chi connectivity index (χ0v) is 20.6. The molecule has 0 heterocycles. The molecule has 8 nitrogen and oxygen atoms in total. The number of hydrogen-bond acceptors (Lipinski definition) is 6. The molecule has 0 radical (unpaired) electrons. The molecule has 0 saturated heterocycles. The number of hydrogen-bond donors (Lipinski definition) is 3. The van der Waals surface area contributed by atoms with E-state index in [4.69, 9.17) is 4.74 Å². The molecule has 1 amide bonds. The Kier molecular flexibility index (Phi) is 8.51. The van der Waals surface area contributed by atoms with Crippen molar-refractivity contribution < 1.29 is 14.5 Å². The summed E-state index contributed by atoms with van der Waals surface area (Å²) in [7, 11) is 0. The summed E-state index contributed by atoms with van der Waals surface area (Å²) in [4.78, 5) is 23.3. The lowest BCUT2D eigenvalue weighted by Gasteiger charge is -2.31. The Balaban J connectivity index is 1.92. The number of amides is 1. The van der Waals surface area contributed by atoms with Gasteiger partial charge in [0.05, 0.1) is 4.92 Å². The standard InChI is InChI=1S/C24H40N4O4/c1-16(23(2,3)4)25-15-17-8-13-20(21(14-17)28(30)31)26-18-9-11-19(12-10-18)27-22(29)32-24(5,6)7/h8,13-14,16,18-19,25-26H,9-12,15H2,1-7H3,(H,27,29)/t16-,18?,19?/m0/s1. The quantitative estimate of drug-likeness (QED) is 0.383. The van der Waals surface area contributed by atoms with E-state index in [1.54, 1.807) is 6.07 Å². The maximum absolute atomic E-state index is 12.0. The van der Waals surface area contributed by atoms with E-state index in [-0.39, 0.29) is 34.2 Å². The van der Waals surface area contributed by atoms with Gasteiger partial charge in [-0.2, -0.15) is 0 Å². The lowest BCUT2D eigenvalue weighted by Crippen LogP contribution is -2.42. The molecule has 0 aromatic heterocycles. The van der Waals surface area contributed by atoms with Crippen LogP contribution in [0, 0.1) is 15.5 Å². The van der Waals surface area contributed by atoms with Crippen LogP contribution in [0.3, 0.4) is 0 Å². The van der Waals surface area contributed by atoms with Gasteiger partial charge in [0.1, 0.15) is 11.3 Å². The summed E-state index contributed by atoms with van der Waals surface area (Å²) in [6.07, 6.45) is 2.86. The summed E-state index contributed by atoms with van der Waals surface area (Å²) in [5.41, 5.74) is 1.13. The van der Waals surface area contributed by atoms with Gasteiger partial charge in [0.2, 0.25) is 0 Å². The zero-order valence-electron chi connectivity index (χ0n) is 20.6. The number of carbonyl (C=O) groups excluding carboxylic acids is 1. The number of nitrogens with one attached hydrogen (secondary N) is 3. The molecule has 2 rings (SSSR count). The number of nitrogens with zero attached hydrogens (tertiary/aromatic N) is 1. The average molecular weight is 449 g/mol. The second-order valence-electron chi connectivity index (χ2n) is 10.9. The van der Waals surface area contributed by atoms with E-state index in [2.05, 4.69) is 43.6 Å². The number of alkyl carbamates (subject to hydrolysis) is 1. The van der Waals surface area contributed by atoms with Gasteiger partial charge >= 0.3 is 6.09 Å². The van der Waals surface area contributed by atoms with E-state index in [9.17, 15) is 14.9 Å². The molecule has 0 spiro atoms. The summed E-state index contributed by atoms with van der Waals surface area (Å²) in [6.45, 7) is 14.7.